The molecule has 2 aromatic rings. The summed E-state index contributed by atoms with van der Waals surface area (Å²) >= 11 is 0. The van der Waals surface area contributed by atoms with E-state index < -0.39 is 0 Å². The Morgan fingerprint density at radius 2 is 2.08 bits per heavy atom. The van der Waals surface area contributed by atoms with E-state index in [-0.39, 0.29) is 11.9 Å². The van der Waals surface area contributed by atoms with Crippen molar-refractivity contribution >= 4 is 5.91 Å². The number of hydrogen-bond donors (Lipinski definition) is 0. The van der Waals surface area contributed by atoms with Gasteiger partial charge in [-0.3, -0.25) is 4.79 Å². The highest BCUT2D eigenvalue weighted by molar-refractivity contribution is 5.79. The third kappa shape index (κ3) is 3.22. The number of likely N-dealkylation sites (tertiary alicyclic amines) is 1. The second-order valence-electron chi connectivity index (χ2n) is 5.97. The van der Waals surface area contributed by atoms with Crippen molar-refractivity contribution < 1.29 is 18.8 Å². The van der Waals surface area contributed by atoms with Crippen molar-refractivity contribution in [2.75, 3.05) is 20.8 Å². The summed E-state index contributed by atoms with van der Waals surface area (Å²) in [5.74, 6) is 2.15. The molecule has 1 aliphatic heterocycles. The van der Waals surface area contributed by atoms with Crippen LogP contribution < -0.4 is 9.47 Å². The number of benzene rings is 1. The van der Waals surface area contributed by atoms with Crippen LogP contribution in [0.3, 0.4) is 0 Å². The molecule has 6 heteroatoms. The van der Waals surface area contributed by atoms with Gasteiger partial charge in [-0.2, -0.15) is 0 Å². The van der Waals surface area contributed by atoms with Gasteiger partial charge >= 0.3 is 0 Å². The summed E-state index contributed by atoms with van der Waals surface area (Å²) in [6.07, 6.45) is 2.23. The van der Waals surface area contributed by atoms with Gasteiger partial charge in [0.2, 0.25) is 5.91 Å². The molecule has 0 saturated carbocycles. The van der Waals surface area contributed by atoms with E-state index in [1.54, 1.807) is 14.2 Å². The summed E-state index contributed by atoms with van der Waals surface area (Å²) < 4.78 is 15.7. The number of rotatable bonds is 5. The number of ether oxygens (including phenoxy) is 2. The number of hydrogen-bond acceptors (Lipinski definition) is 5. The van der Waals surface area contributed by atoms with E-state index in [1.165, 1.54) is 0 Å². The predicted molar refractivity (Wildman–Crippen MR) is 88.2 cm³/mol. The molecular formula is C18H22N2O4. The van der Waals surface area contributed by atoms with Gasteiger partial charge in [0, 0.05) is 12.6 Å². The number of nitrogens with zero attached hydrogens (tertiary/aromatic N) is 2. The van der Waals surface area contributed by atoms with Crippen LogP contribution in [0, 0.1) is 6.92 Å². The van der Waals surface area contributed by atoms with Gasteiger partial charge in [0.1, 0.15) is 11.5 Å². The quantitative estimate of drug-likeness (QED) is 0.843. The summed E-state index contributed by atoms with van der Waals surface area (Å²) in [5, 5.41) is 4.08. The number of carbonyl (C=O) groups excluding carboxylic acids is 1. The lowest BCUT2D eigenvalue weighted by molar-refractivity contribution is -0.131. The Bertz CT molecular complexity index is 726. The molecule has 1 amide bonds. The first-order valence-corrected chi connectivity index (χ1v) is 8.06. The fourth-order valence-electron chi connectivity index (χ4n) is 3.18. The Morgan fingerprint density at radius 3 is 2.75 bits per heavy atom. The summed E-state index contributed by atoms with van der Waals surface area (Å²) in [4.78, 5) is 14.7. The van der Waals surface area contributed by atoms with Gasteiger partial charge in [-0.15, -0.1) is 0 Å². The molecule has 1 fully saturated rings. The largest absolute Gasteiger partial charge is 0.493 e. The highest BCUT2D eigenvalue weighted by atomic mass is 16.5. The van der Waals surface area contributed by atoms with Crippen molar-refractivity contribution in [3.05, 3.63) is 41.3 Å². The van der Waals surface area contributed by atoms with E-state index in [0.717, 1.165) is 36.4 Å². The maximum Gasteiger partial charge on any atom is 0.227 e. The summed E-state index contributed by atoms with van der Waals surface area (Å²) in [6.45, 7) is 2.62. The first-order chi connectivity index (χ1) is 11.6. The van der Waals surface area contributed by atoms with Gasteiger partial charge in [0.25, 0.3) is 0 Å². The molecule has 0 spiro atoms. The molecule has 128 valence electrons. The molecular weight excluding hydrogens is 308 g/mol. The minimum absolute atomic E-state index is 0.00935. The van der Waals surface area contributed by atoms with Crippen LogP contribution in [0.25, 0.3) is 0 Å². The summed E-state index contributed by atoms with van der Waals surface area (Å²) in [5.41, 5.74) is 1.74. The zero-order valence-corrected chi connectivity index (χ0v) is 14.2. The highest BCUT2D eigenvalue weighted by Gasteiger charge is 2.31. The number of amides is 1. The fraction of sp³-hybridized carbons (Fsp3) is 0.444. The number of carbonyl (C=O) groups is 1. The van der Waals surface area contributed by atoms with E-state index in [2.05, 4.69) is 5.16 Å². The summed E-state index contributed by atoms with van der Waals surface area (Å²) in [6, 6.07) is 7.48. The number of methoxy groups -OCH3 is 2. The Labute approximate surface area is 141 Å². The molecule has 0 unspecified atom stereocenters. The molecule has 0 aliphatic carbocycles. The van der Waals surface area contributed by atoms with Gasteiger partial charge in [0.15, 0.2) is 11.5 Å². The second-order valence-corrected chi connectivity index (χ2v) is 5.97. The van der Waals surface area contributed by atoms with Crippen molar-refractivity contribution in [3.63, 3.8) is 0 Å². The van der Waals surface area contributed by atoms with Crippen LogP contribution in [0.15, 0.2) is 28.8 Å². The molecule has 3 rings (SSSR count). The van der Waals surface area contributed by atoms with Crippen molar-refractivity contribution in [2.45, 2.75) is 32.2 Å². The third-order valence-corrected chi connectivity index (χ3v) is 4.36. The Kier molecular flexibility index (Phi) is 4.74. The van der Waals surface area contributed by atoms with E-state index in [9.17, 15) is 4.79 Å². The average Bonchev–Trinajstić information content (AvgIpc) is 3.23. The van der Waals surface area contributed by atoms with Crippen molar-refractivity contribution in [3.8, 4) is 11.5 Å². The van der Waals surface area contributed by atoms with Crippen LogP contribution in [0.4, 0.5) is 0 Å². The lowest BCUT2D eigenvalue weighted by Crippen LogP contribution is -2.32. The third-order valence-electron chi connectivity index (χ3n) is 4.36. The first kappa shape index (κ1) is 16.4. The molecule has 6 nitrogen and oxygen atoms in total. The van der Waals surface area contributed by atoms with Gasteiger partial charge in [-0.25, -0.2) is 0 Å². The van der Waals surface area contributed by atoms with Crippen molar-refractivity contribution in [1.29, 1.82) is 0 Å². The topological polar surface area (TPSA) is 64.8 Å². The molecule has 2 heterocycles. The minimum atomic E-state index is 0.00935. The number of aromatic nitrogens is 1. The average molecular weight is 330 g/mol. The molecule has 1 aliphatic rings. The zero-order chi connectivity index (χ0) is 17.1. The van der Waals surface area contributed by atoms with E-state index in [4.69, 9.17) is 14.0 Å². The molecule has 1 aromatic heterocycles. The van der Waals surface area contributed by atoms with E-state index in [0.29, 0.717) is 17.9 Å². The molecule has 0 bridgehead atoms. The highest BCUT2D eigenvalue weighted by Crippen LogP contribution is 2.33. The van der Waals surface area contributed by atoms with Crippen molar-refractivity contribution in [2.24, 2.45) is 0 Å². The summed E-state index contributed by atoms with van der Waals surface area (Å²) in [7, 11) is 3.18. The lowest BCUT2D eigenvalue weighted by atomic mass is 10.1. The minimum Gasteiger partial charge on any atom is -0.493 e. The molecule has 1 atom stereocenters. The van der Waals surface area contributed by atoms with Crippen molar-refractivity contribution in [1.82, 2.24) is 10.1 Å². The molecule has 24 heavy (non-hydrogen) atoms. The standard InChI is InChI=1S/C18H22N2O4/c1-12-9-14(19-24-12)15-5-4-8-20(15)18(21)11-13-6-7-16(22-2)17(10-13)23-3/h6-7,9-10,15H,4-5,8,11H2,1-3H3/t15-/m1/s1. The van der Waals surface area contributed by atoms with Crippen LogP contribution in [0.5, 0.6) is 11.5 Å². The molecule has 0 N–H and O–H groups in total. The number of aryl methyl sites for hydroxylation is 1. The Hall–Kier alpha value is -2.50. The lowest BCUT2D eigenvalue weighted by Gasteiger charge is -2.23. The van der Waals surface area contributed by atoms with Crippen LogP contribution in [0.2, 0.25) is 0 Å². The fourth-order valence-corrected chi connectivity index (χ4v) is 3.18. The second kappa shape index (κ2) is 6.95. The predicted octanol–water partition coefficient (Wildman–Crippen LogP) is 2.91. The van der Waals surface area contributed by atoms with E-state index in [1.807, 2.05) is 36.1 Å². The monoisotopic (exact) mass is 330 g/mol. The maximum absolute atomic E-state index is 12.8. The normalized spacial score (nSPS) is 17.1. The SMILES string of the molecule is COc1ccc(CC(=O)N2CCC[C@@H]2c2cc(C)on2)cc1OC. The van der Waals surface area contributed by atoms with E-state index >= 15 is 0 Å². The molecule has 1 saturated heterocycles. The smallest absolute Gasteiger partial charge is 0.227 e. The van der Waals surface area contributed by atoms with Crippen LogP contribution in [-0.2, 0) is 11.2 Å². The maximum atomic E-state index is 12.8. The first-order valence-electron chi connectivity index (χ1n) is 8.06. The van der Waals surface area contributed by atoms with Gasteiger partial charge in [0.05, 0.1) is 26.7 Å². The van der Waals surface area contributed by atoms with Gasteiger partial charge in [-0.05, 0) is 37.5 Å². The van der Waals surface area contributed by atoms with Gasteiger partial charge < -0.3 is 18.9 Å². The van der Waals surface area contributed by atoms with Gasteiger partial charge in [-0.1, -0.05) is 11.2 Å². The van der Waals surface area contributed by atoms with Crippen LogP contribution >= 0.6 is 0 Å². The van der Waals surface area contributed by atoms with Crippen LogP contribution in [-0.4, -0.2) is 36.7 Å². The van der Waals surface area contributed by atoms with Crippen LogP contribution in [0.1, 0.15) is 35.9 Å². The Morgan fingerprint density at radius 1 is 1.29 bits per heavy atom. The Balaban J connectivity index is 1.74. The zero-order valence-electron chi connectivity index (χ0n) is 14.2. The molecule has 0 radical (unpaired) electrons. The molecule has 1 aromatic carbocycles.